The average Bonchev–Trinajstić information content (AvgIpc) is 3.53. The highest BCUT2D eigenvalue weighted by Gasteiger charge is 2.43. The third-order valence-corrected chi connectivity index (χ3v) is 8.55. The van der Waals surface area contributed by atoms with Crippen LogP contribution in [0, 0.1) is 0 Å². The Labute approximate surface area is 286 Å². The Balaban J connectivity index is 1.10. The molecule has 2 aromatic carbocycles. The second-order valence-electron chi connectivity index (χ2n) is 12.1. The lowest BCUT2D eigenvalue weighted by atomic mass is 9.98. The van der Waals surface area contributed by atoms with Crippen molar-refractivity contribution in [1.29, 1.82) is 0 Å². The molecule has 1 amide bonds. The number of nitrogens with one attached hydrogen (secondary N) is 1. The Morgan fingerprint density at radius 3 is 1.94 bits per heavy atom. The van der Waals surface area contributed by atoms with Crippen molar-refractivity contribution in [3.63, 3.8) is 0 Å². The maximum atomic E-state index is 12.9. The number of unbranched alkanes of at least 4 members (excludes halogenated alkanes) is 7. The van der Waals surface area contributed by atoms with E-state index in [0.717, 1.165) is 73.1 Å². The molecule has 49 heavy (non-hydrogen) atoms. The first-order chi connectivity index (χ1) is 23.7. The minimum atomic E-state index is -1.66. The normalized spacial score (nSPS) is 20.5. The van der Waals surface area contributed by atoms with Crippen LogP contribution in [0.15, 0.2) is 53.1 Å². The monoisotopic (exact) mass is 684 g/mol. The summed E-state index contributed by atoms with van der Waals surface area (Å²) in [5.41, 5.74) is 3.12. The molecule has 5 atom stereocenters. The van der Waals surface area contributed by atoms with Crippen LogP contribution in [-0.2, 0) is 25.5 Å². The van der Waals surface area contributed by atoms with E-state index >= 15 is 0 Å². The zero-order valence-corrected chi connectivity index (χ0v) is 28.1. The van der Waals surface area contributed by atoms with Gasteiger partial charge in [-0.3, -0.25) is 9.59 Å². The molecule has 13 heteroatoms. The van der Waals surface area contributed by atoms with Gasteiger partial charge in [-0.05, 0) is 54.8 Å². The van der Waals surface area contributed by atoms with E-state index in [-0.39, 0.29) is 25.4 Å². The number of ether oxygens (including phenoxy) is 4. The van der Waals surface area contributed by atoms with E-state index in [4.69, 9.17) is 23.5 Å². The number of amides is 1. The van der Waals surface area contributed by atoms with Gasteiger partial charge in [-0.1, -0.05) is 55.8 Å². The van der Waals surface area contributed by atoms with Gasteiger partial charge in [0.1, 0.15) is 48.2 Å². The smallest absolute Gasteiger partial charge is 0.305 e. The SMILES string of the molecule is COc1ccc(-c2noc(CC(=O)NCCCCCCCCCCC(=O)OC[C@H]3OC(O)[C@H](O)[C@@H](O)[C@H]3O)c2-c2ccc(OC)cc2)cc1. The van der Waals surface area contributed by atoms with Crippen LogP contribution in [-0.4, -0.2) is 95.5 Å². The fraction of sp³-hybridized carbons (Fsp3) is 0.528. The van der Waals surface area contributed by atoms with Gasteiger partial charge in [0.05, 0.1) is 26.2 Å². The second kappa shape index (κ2) is 19.2. The van der Waals surface area contributed by atoms with E-state index in [9.17, 15) is 30.0 Å². The number of benzene rings is 2. The molecule has 3 aromatic rings. The van der Waals surface area contributed by atoms with Crippen molar-refractivity contribution in [3.8, 4) is 33.9 Å². The number of rotatable bonds is 19. The summed E-state index contributed by atoms with van der Waals surface area (Å²) in [6, 6.07) is 15.1. The molecule has 1 unspecified atom stereocenters. The molecule has 0 aliphatic carbocycles. The molecule has 5 N–H and O–H groups in total. The molecule has 0 saturated carbocycles. The summed E-state index contributed by atoms with van der Waals surface area (Å²) in [6.07, 6.45) is 0.333. The Morgan fingerprint density at radius 1 is 0.755 bits per heavy atom. The van der Waals surface area contributed by atoms with Crippen LogP contribution in [0.2, 0.25) is 0 Å². The standard InChI is InChI=1S/C36H48N2O11/c1-45-25-16-12-23(13-17-25)31-27(49-38-32(31)24-14-18-26(46-2)19-15-24)21-29(39)37-20-10-8-6-4-3-5-7-9-11-30(40)47-22-28-33(41)34(42)35(43)36(44)48-28/h12-19,28,33-36,41-44H,3-11,20-22H2,1-2H3,(H,37,39)/t28-,33+,34+,35-,36?/m1/s1. The van der Waals surface area contributed by atoms with Crippen LogP contribution < -0.4 is 14.8 Å². The molecule has 1 saturated heterocycles. The maximum Gasteiger partial charge on any atom is 0.305 e. The van der Waals surface area contributed by atoms with Crippen LogP contribution in [0.3, 0.4) is 0 Å². The predicted octanol–water partition coefficient (Wildman–Crippen LogP) is 3.54. The van der Waals surface area contributed by atoms with E-state index < -0.39 is 36.7 Å². The van der Waals surface area contributed by atoms with Crippen LogP contribution in [0.1, 0.15) is 63.5 Å². The Bertz CT molecular complexity index is 1440. The molecule has 0 bridgehead atoms. The molecule has 1 fully saturated rings. The summed E-state index contributed by atoms with van der Waals surface area (Å²) in [4.78, 5) is 24.9. The summed E-state index contributed by atoms with van der Waals surface area (Å²) in [5, 5.41) is 46.0. The zero-order valence-electron chi connectivity index (χ0n) is 28.1. The Morgan fingerprint density at radius 2 is 1.33 bits per heavy atom. The third-order valence-electron chi connectivity index (χ3n) is 8.55. The predicted molar refractivity (Wildman–Crippen MR) is 179 cm³/mol. The van der Waals surface area contributed by atoms with Gasteiger partial charge in [-0.15, -0.1) is 0 Å². The number of carbonyl (C=O) groups excluding carboxylic acids is 2. The molecule has 2 heterocycles. The lowest BCUT2D eigenvalue weighted by Gasteiger charge is -2.37. The van der Waals surface area contributed by atoms with E-state index in [1.807, 2.05) is 48.5 Å². The summed E-state index contributed by atoms with van der Waals surface area (Å²) in [6.45, 7) is 0.247. The number of aliphatic hydroxyl groups is 4. The van der Waals surface area contributed by atoms with Crippen molar-refractivity contribution in [2.75, 3.05) is 27.4 Å². The van der Waals surface area contributed by atoms with E-state index in [2.05, 4.69) is 10.5 Å². The number of aromatic nitrogens is 1. The highest BCUT2D eigenvalue weighted by Crippen LogP contribution is 2.36. The molecule has 0 spiro atoms. The molecule has 0 radical (unpaired) electrons. The minimum Gasteiger partial charge on any atom is -0.497 e. The first kappa shape index (κ1) is 37.8. The Hall–Kier alpha value is -4.01. The van der Waals surface area contributed by atoms with Crippen molar-refractivity contribution >= 4 is 11.9 Å². The number of methoxy groups -OCH3 is 2. The third kappa shape index (κ3) is 11.0. The maximum absolute atomic E-state index is 12.9. The molecule has 13 nitrogen and oxygen atoms in total. The van der Waals surface area contributed by atoms with E-state index in [1.165, 1.54) is 0 Å². The minimum absolute atomic E-state index is 0.0603. The van der Waals surface area contributed by atoms with Gasteiger partial charge in [0.25, 0.3) is 0 Å². The molecular weight excluding hydrogens is 636 g/mol. The molecule has 1 aliphatic heterocycles. The molecule has 1 aliphatic rings. The second-order valence-corrected chi connectivity index (χ2v) is 12.1. The number of aliphatic hydroxyl groups excluding tert-OH is 4. The van der Waals surface area contributed by atoms with Crippen LogP contribution in [0.4, 0.5) is 0 Å². The topological polar surface area (TPSA) is 190 Å². The molecular formula is C36H48N2O11. The van der Waals surface area contributed by atoms with Crippen molar-refractivity contribution in [1.82, 2.24) is 10.5 Å². The van der Waals surface area contributed by atoms with Crippen molar-refractivity contribution < 1.29 is 53.5 Å². The zero-order chi connectivity index (χ0) is 35.2. The van der Waals surface area contributed by atoms with Gasteiger partial charge < -0.3 is 49.2 Å². The quantitative estimate of drug-likeness (QED) is 0.0914. The summed E-state index contributed by atoms with van der Waals surface area (Å²) >= 11 is 0. The number of hydrogen-bond acceptors (Lipinski definition) is 12. The van der Waals surface area contributed by atoms with Gasteiger partial charge in [0, 0.05) is 18.5 Å². The summed E-state index contributed by atoms with van der Waals surface area (Å²) in [5.74, 6) is 1.35. The highest BCUT2D eigenvalue weighted by molar-refractivity contribution is 5.86. The summed E-state index contributed by atoms with van der Waals surface area (Å²) < 4.78 is 26.4. The largest absolute Gasteiger partial charge is 0.497 e. The number of nitrogens with zero attached hydrogens (tertiary/aromatic N) is 1. The van der Waals surface area contributed by atoms with Gasteiger partial charge in [0.15, 0.2) is 12.1 Å². The number of hydrogen-bond donors (Lipinski definition) is 5. The number of esters is 1. The lowest BCUT2D eigenvalue weighted by Crippen LogP contribution is -2.58. The van der Waals surface area contributed by atoms with Gasteiger partial charge >= 0.3 is 5.97 Å². The fourth-order valence-electron chi connectivity index (χ4n) is 5.65. The van der Waals surface area contributed by atoms with E-state index in [1.54, 1.807) is 14.2 Å². The van der Waals surface area contributed by atoms with Crippen LogP contribution in [0.25, 0.3) is 22.4 Å². The first-order valence-corrected chi connectivity index (χ1v) is 16.8. The van der Waals surface area contributed by atoms with Crippen LogP contribution in [0.5, 0.6) is 11.5 Å². The number of carbonyl (C=O) groups is 2. The van der Waals surface area contributed by atoms with Crippen molar-refractivity contribution in [2.45, 2.75) is 94.9 Å². The molecule has 1 aromatic heterocycles. The average molecular weight is 685 g/mol. The summed E-state index contributed by atoms with van der Waals surface area (Å²) in [7, 11) is 3.22. The molecule has 268 valence electrons. The van der Waals surface area contributed by atoms with Gasteiger partial charge in [0.2, 0.25) is 5.91 Å². The van der Waals surface area contributed by atoms with E-state index in [0.29, 0.717) is 24.4 Å². The first-order valence-electron chi connectivity index (χ1n) is 16.8. The highest BCUT2D eigenvalue weighted by atomic mass is 16.6. The van der Waals surface area contributed by atoms with Gasteiger partial charge in [-0.2, -0.15) is 0 Å². The Kier molecular flexibility index (Phi) is 14.8. The lowest BCUT2D eigenvalue weighted by molar-refractivity contribution is -0.287. The van der Waals surface area contributed by atoms with Crippen molar-refractivity contribution in [2.24, 2.45) is 0 Å². The van der Waals surface area contributed by atoms with Gasteiger partial charge in [-0.25, -0.2) is 0 Å². The fourth-order valence-corrected chi connectivity index (χ4v) is 5.65. The van der Waals surface area contributed by atoms with Crippen LogP contribution >= 0.6 is 0 Å². The molecule has 4 rings (SSSR count). The van der Waals surface area contributed by atoms with Crippen molar-refractivity contribution in [3.05, 3.63) is 54.3 Å².